The lowest BCUT2D eigenvalue weighted by molar-refractivity contribution is -0.0688. The second kappa shape index (κ2) is 6.90. The number of aliphatic imine (C=N–C) groups is 3. The third kappa shape index (κ3) is 2.81. The summed E-state index contributed by atoms with van der Waals surface area (Å²) in [5, 5.41) is 29.7. The molecule has 28 heavy (non-hydrogen) atoms. The molecule has 0 bridgehead atoms. The van der Waals surface area contributed by atoms with Crippen molar-refractivity contribution in [2.45, 2.75) is 43.0 Å². The summed E-state index contributed by atoms with van der Waals surface area (Å²) in [6.07, 6.45) is -2.81. The Labute approximate surface area is 161 Å². The summed E-state index contributed by atoms with van der Waals surface area (Å²) in [4.78, 5) is 14.9. The third-order valence-corrected chi connectivity index (χ3v) is 5.62. The van der Waals surface area contributed by atoms with E-state index in [1.165, 1.54) is 6.34 Å². The molecule has 2 unspecified atom stereocenters. The Morgan fingerprint density at radius 3 is 2.64 bits per heavy atom. The minimum atomic E-state index is -1.21. The quantitative estimate of drug-likeness (QED) is 0.397. The molecule has 0 spiro atoms. The maximum absolute atomic E-state index is 10.3. The minimum Gasteiger partial charge on any atom is -0.399 e. The number of aliphatic hydroxyl groups excluding tert-OH is 3. The van der Waals surface area contributed by atoms with Crippen LogP contribution in [-0.4, -0.2) is 81.6 Å². The Morgan fingerprint density at radius 1 is 1.29 bits per heavy atom. The molecule has 0 radical (unpaired) electrons. The summed E-state index contributed by atoms with van der Waals surface area (Å²) in [5.41, 5.74) is 13.4. The number of ether oxygens (including phenoxy) is 1. The standard InChI is InChI=1S/C18H24N6O4/c1-9(10-2-4-11(19)5-3-10)18(20)15-16(21-7-23-18)24(8-22-15)17-14(27)13(26)12(6-25)28-17/h2-5,7,9,12-14,17,25-27H,6,8,19-20H2,1H3/t9?,12-,13-,14-,17-,18?/m1/s1. The van der Waals surface area contributed by atoms with Crippen LogP contribution >= 0.6 is 0 Å². The number of nitrogens with zero attached hydrogens (tertiary/aromatic N) is 4. The average Bonchev–Trinajstić information content (AvgIpc) is 3.24. The van der Waals surface area contributed by atoms with E-state index in [0.29, 0.717) is 17.2 Å². The molecule has 0 aromatic heterocycles. The fourth-order valence-electron chi connectivity index (χ4n) is 3.80. The zero-order chi connectivity index (χ0) is 20.1. The van der Waals surface area contributed by atoms with Gasteiger partial charge in [0.25, 0.3) is 0 Å². The number of benzene rings is 1. The van der Waals surface area contributed by atoms with Gasteiger partial charge in [0.2, 0.25) is 0 Å². The fraction of sp³-hybridized carbons (Fsp3) is 0.500. The maximum Gasteiger partial charge on any atom is 0.162 e. The highest BCUT2D eigenvalue weighted by molar-refractivity contribution is 6.47. The number of nitrogen functional groups attached to an aromatic ring is 1. The summed E-state index contributed by atoms with van der Waals surface area (Å²) in [6.45, 7) is 1.69. The van der Waals surface area contributed by atoms with Crippen molar-refractivity contribution in [2.24, 2.45) is 20.7 Å². The van der Waals surface area contributed by atoms with Gasteiger partial charge in [-0.05, 0) is 17.7 Å². The Bertz CT molecular complexity index is 841. The predicted octanol–water partition coefficient (Wildman–Crippen LogP) is -1.38. The average molecular weight is 388 g/mol. The van der Waals surface area contributed by atoms with Crippen LogP contribution in [0, 0.1) is 0 Å². The first-order valence-corrected chi connectivity index (χ1v) is 9.07. The van der Waals surface area contributed by atoms with Crippen LogP contribution in [0.4, 0.5) is 5.69 Å². The van der Waals surface area contributed by atoms with Gasteiger partial charge in [-0.1, -0.05) is 19.1 Å². The molecule has 0 aliphatic carbocycles. The van der Waals surface area contributed by atoms with Crippen LogP contribution in [0.1, 0.15) is 18.4 Å². The summed E-state index contributed by atoms with van der Waals surface area (Å²) < 4.78 is 5.62. The molecule has 150 valence electrons. The van der Waals surface area contributed by atoms with Gasteiger partial charge in [-0.25, -0.2) is 9.98 Å². The van der Waals surface area contributed by atoms with E-state index in [1.54, 1.807) is 17.0 Å². The van der Waals surface area contributed by atoms with Gasteiger partial charge < -0.3 is 36.4 Å². The molecule has 6 atom stereocenters. The van der Waals surface area contributed by atoms with E-state index in [9.17, 15) is 15.3 Å². The highest BCUT2D eigenvalue weighted by Gasteiger charge is 2.51. The number of fused-ring (bicyclic) bond motifs is 1. The summed E-state index contributed by atoms with van der Waals surface area (Å²) in [5.74, 6) is 0.216. The van der Waals surface area contributed by atoms with Crippen LogP contribution in [0.25, 0.3) is 0 Å². The van der Waals surface area contributed by atoms with Crippen LogP contribution in [0.2, 0.25) is 0 Å². The van der Waals surface area contributed by atoms with Gasteiger partial charge in [-0.2, -0.15) is 0 Å². The smallest absolute Gasteiger partial charge is 0.162 e. The summed E-state index contributed by atoms with van der Waals surface area (Å²) >= 11 is 0. The van der Waals surface area contributed by atoms with Gasteiger partial charge >= 0.3 is 0 Å². The number of amidine groups is 1. The Hall–Kier alpha value is -2.37. The first-order valence-electron chi connectivity index (χ1n) is 9.07. The maximum atomic E-state index is 10.3. The first-order chi connectivity index (χ1) is 13.4. The molecule has 0 saturated carbocycles. The molecule has 4 rings (SSSR count). The Balaban J connectivity index is 1.60. The molecule has 1 aromatic rings. The van der Waals surface area contributed by atoms with Gasteiger partial charge in [-0.3, -0.25) is 4.99 Å². The lowest BCUT2D eigenvalue weighted by Gasteiger charge is -2.36. The topological polar surface area (TPSA) is 162 Å². The molecule has 10 heteroatoms. The zero-order valence-electron chi connectivity index (χ0n) is 15.4. The van der Waals surface area contributed by atoms with Crippen LogP contribution in [0.15, 0.2) is 39.2 Å². The molecule has 1 fully saturated rings. The molecule has 3 heterocycles. The number of aliphatic hydroxyl groups is 3. The van der Waals surface area contributed by atoms with Crippen molar-refractivity contribution >= 4 is 23.6 Å². The van der Waals surface area contributed by atoms with Crippen LogP contribution in [0.5, 0.6) is 0 Å². The normalized spacial score (nSPS) is 35.5. The van der Waals surface area contributed by atoms with Crippen molar-refractivity contribution in [1.82, 2.24) is 4.90 Å². The molecule has 1 aromatic carbocycles. The van der Waals surface area contributed by atoms with Gasteiger partial charge in [0, 0.05) is 11.6 Å². The predicted molar refractivity (Wildman–Crippen MR) is 104 cm³/mol. The molecule has 7 N–H and O–H groups in total. The first kappa shape index (κ1) is 19.0. The number of nitrogens with two attached hydrogens (primary N) is 2. The molecule has 3 aliphatic rings. The van der Waals surface area contributed by atoms with E-state index in [1.807, 2.05) is 19.1 Å². The number of rotatable bonds is 4. The van der Waals surface area contributed by atoms with E-state index in [2.05, 4.69) is 15.0 Å². The molecule has 0 amide bonds. The molecule has 10 nitrogen and oxygen atoms in total. The van der Waals surface area contributed by atoms with E-state index in [4.69, 9.17) is 16.2 Å². The summed E-state index contributed by atoms with van der Waals surface area (Å²) in [6, 6.07) is 7.40. The van der Waals surface area contributed by atoms with Crippen molar-refractivity contribution in [3.63, 3.8) is 0 Å². The Kier molecular flexibility index (Phi) is 4.68. The van der Waals surface area contributed by atoms with E-state index in [0.717, 1.165) is 5.56 Å². The van der Waals surface area contributed by atoms with Gasteiger partial charge in [0.05, 0.1) is 6.61 Å². The van der Waals surface area contributed by atoms with Crippen LogP contribution in [-0.2, 0) is 4.74 Å². The molecular weight excluding hydrogens is 364 g/mol. The number of anilines is 1. The van der Waals surface area contributed by atoms with Gasteiger partial charge in [0.1, 0.15) is 37.0 Å². The van der Waals surface area contributed by atoms with Gasteiger partial charge in [0.15, 0.2) is 17.7 Å². The Morgan fingerprint density at radius 2 is 2.00 bits per heavy atom. The fourth-order valence-corrected chi connectivity index (χ4v) is 3.80. The zero-order valence-corrected chi connectivity index (χ0v) is 15.4. The second-order valence-corrected chi connectivity index (χ2v) is 7.26. The van der Waals surface area contributed by atoms with Crippen LogP contribution in [0.3, 0.4) is 0 Å². The van der Waals surface area contributed by atoms with Gasteiger partial charge in [-0.15, -0.1) is 0 Å². The highest BCUT2D eigenvalue weighted by Crippen LogP contribution is 2.35. The van der Waals surface area contributed by atoms with E-state index < -0.39 is 36.8 Å². The second-order valence-electron chi connectivity index (χ2n) is 7.26. The highest BCUT2D eigenvalue weighted by atomic mass is 16.6. The number of hydrogen-bond donors (Lipinski definition) is 5. The van der Waals surface area contributed by atoms with E-state index in [-0.39, 0.29) is 12.6 Å². The van der Waals surface area contributed by atoms with Crippen molar-refractivity contribution < 1.29 is 20.1 Å². The monoisotopic (exact) mass is 388 g/mol. The lowest BCUT2D eigenvalue weighted by atomic mass is 9.84. The molecule has 3 aliphatic heterocycles. The summed E-state index contributed by atoms with van der Waals surface area (Å²) in [7, 11) is 0. The molecular formula is C18H24N6O4. The van der Waals surface area contributed by atoms with Crippen LogP contribution < -0.4 is 11.5 Å². The molecule has 1 saturated heterocycles. The van der Waals surface area contributed by atoms with Crippen molar-refractivity contribution in [3.05, 3.63) is 29.8 Å². The van der Waals surface area contributed by atoms with E-state index >= 15 is 0 Å². The third-order valence-electron chi connectivity index (χ3n) is 5.62. The van der Waals surface area contributed by atoms with Crippen molar-refractivity contribution in [2.75, 3.05) is 19.0 Å². The number of hydrogen-bond acceptors (Lipinski definition) is 10. The SMILES string of the molecule is CC(c1ccc(N)cc1)C1(N)N=CN=C2C1=NCN2[C@@H]1O[C@H](CO)[C@@H](O)[C@H]1O. The van der Waals surface area contributed by atoms with Crippen molar-refractivity contribution in [1.29, 1.82) is 0 Å². The minimum absolute atomic E-state index is 0.150. The lowest BCUT2D eigenvalue weighted by Crippen LogP contribution is -2.57. The largest absolute Gasteiger partial charge is 0.399 e. The van der Waals surface area contributed by atoms with Crippen molar-refractivity contribution in [3.8, 4) is 0 Å².